The van der Waals surface area contributed by atoms with E-state index in [0.717, 1.165) is 6.26 Å². The molecule has 0 aliphatic carbocycles. The quantitative estimate of drug-likeness (QED) is 0.751. The lowest BCUT2D eigenvalue weighted by atomic mass is 9.91. The Kier molecular flexibility index (Phi) is 6.00. The minimum atomic E-state index is -3.35. The van der Waals surface area contributed by atoms with Gasteiger partial charge in [0, 0.05) is 29.9 Å². The van der Waals surface area contributed by atoms with Crippen LogP contribution < -0.4 is 0 Å². The van der Waals surface area contributed by atoms with E-state index in [1.54, 1.807) is 36.4 Å². The number of aliphatic hydroxyl groups excluding tert-OH is 1. The van der Waals surface area contributed by atoms with Crippen LogP contribution in [0.15, 0.2) is 59.0 Å². The van der Waals surface area contributed by atoms with E-state index >= 15 is 0 Å². The van der Waals surface area contributed by atoms with E-state index in [4.69, 9.17) is 11.6 Å². The molecule has 2 aromatic rings. The molecule has 132 valence electrons. The van der Waals surface area contributed by atoms with Gasteiger partial charge in [0.1, 0.15) is 0 Å². The molecule has 0 aliphatic rings. The fourth-order valence-electron chi connectivity index (χ4n) is 2.45. The predicted molar refractivity (Wildman–Crippen MR) is 96.4 cm³/mol. The summed E-state index contributed by atoms with van der Waals surface area (Å²) in [6, 6.07) is 12.6. The van der Waals surface area contributed by atoms with Crippen molar-refractivity contribution in [3.05, 3.63) is 70.3 Å². The average Bonchev–Trinajstić information content (AvgIpc) is 2.55. The second-order valence-corrected chi connectivity index (χ2v) is 7.89. The van der Waals surface area contributed by atoms with Crippen LogP contribution in [0.4, 0.5) is 0 Å². The van der Waals surface area contributed by atoms with Crippen molar-refractivity contribution in [3.8, 4) is 0 Å². The Bertz CT molecular complexity index is 897. The first-order chi connectivity index (χ1) is 11.7. The van der Waals surface area contributed by atoms with Gasteiger partial charge in [0.05, 0.1) is 4.90 Å². The third-order valence-corrected chi connectivity index (χ3v) is 5.01. The van der Waals surface area contributed by atoms with Gasteiger partial charge in [0.25, 0.3) is 0 Å². The van der Waals surface area contributed by atoms with Crippen LogP contribution in [0.1, 0.15) is 17.5 Å². The van der Waals surface area contributed by atoms with E-state index in [2.05, 4.69) is 0 Å². The van der Waals surface area contributed by atoms with Crippen LogP contribution in [-0.2, 0) is 14.6 Å². The first-order valence-electron chi connectivity index (χ1n) is 7.37. The van der Waals surface area contributed by atoms with Crippen molar-refractivity contribution in [2.75, 3.05) is 12.9 Å². The molecule has 0 saturated heterocycles. The lowest BCUT2D eigenvalue weighted by Gasteiger charge is -2.14. The highest BCUT2D eigenvalue weighted by atomic mass is 35.5. The van der Waals surface area contributed by atoms with Crippen molar-refractivity contribution in [1.29, 1.82) is 0 Å². The van der Waals surface area contributed by atoms with Gasteiger partial charge in [-0.05, 0) is 41.0 Å². The van der Waals surface area contributed by atoms with Crippen LogP contribution in [0.5, 0.6) is 0 Å². The summed E-state index contributed by atoms with van der Waals surface area (Å²) < 4.78 is 23.2. The molecule has 7 heteroatoms. The van der Waals surface area contributed by atoms with Crippen molar-refractivity contribution in [1.82, 2.24) is 0 Å². The minimum absolute atomic E-state index is 0.0388. The van der Waals surface area contributed by atoms with Gasteiger partial charge in [0.2, 0.25) is 0 Å². The number of benzene rings is 2. The summed E-state index contributed by atoms with van der Waals surface area (Å²) >= 11 is 5.90. The topological polar surface area (TPSA) is 91.7 Å². The highest BCUT2D eigenvalue weighted by Gasteiger charge is 2.18. The number of aliphatic carboxylic acids is 1. The van der Waals surface area contributed by atoms with Gasteiger partial charge in [-0.25, -0.2) is 13.2 Å². The predicted octanol–water partition coefficient (Wildman–Crippen LogP) is 3.01. The monoisotopic (exact) mass is 380 g/mol. The molecule has 0 saturated carbocycles. The number of carboxylic acids is 1. The molecule has 0 bridgehead atoms. The summed E-state index contributed by atoms with van der Waals surface area (Å²) in [5.74, 6) is -1.15. The number of sulfone groups is 1. The second kappa shape index (κ2) is 7.82. The first kappa shape index (κ1) is 19.2. The molecule has 0 amide bonds. The largest absolute Gasteiger partial charge is 0.478 e. The second-order valence-electron chi connectivity index (χ2n) is 5.44. The SMILES string of the molecule is CS(=O)(=O)c1ccc(C(=C(CCO)C(=O)O)c2ccc(Cl)cc2)cc1. The van der Waals surface area contributed by atoms with E-state index < -0.39 is 15.8 Å². The van der Waals surface area contributed by atoms with Crippen LogP contribution in [0.2, 0.25) is 5.02 Å². The summed E-state index contributed by atoms with van der Waals surface area (Å²) in [6.45, 7) is -0.319. The molecule has 0 heterocycles. The summed E-state index contributed by atoms with van der Waals surface area (Å²) in [7, 11) is -3.35. The van der Waals surface area contributed by atoms with Crippen LogP contribution in [0.25, 0.3) is 5.57 Å². The Labute approximate surface area is 151 Å². The molecule has 0 spiro atoms. The van der Waals surface area contributed by atoms with E-state index in [9.17, 15) is 23.4 Å². The number of rotatable bonds is 6. The molecule has 25 heavy (non-hydrogen) atoms. The van der Waals surface area contributed by atoms with Crippen molar-refractivity contribution in [2.45, 2.75) is 11.3 Å². The Morgan fingerprint density at radius 1 is 1.00 bits per heavy atom. The average molecular weight is 381 g/mol. The van der Waals surface area contributed by atoms with Crippen LogP contribution in [0.3, 0.4) is 0 Å². The van der Waals surface area contributed by atoms with E-state index in [1.165, 1.54) is 12.1 Å². The third-order valence-electron chi connectivity index (χ3n) is 3.63. The number of aliphatic hydroxyl groups is 1. The molecular formula is C18H17ClO5S. The van der Waals surface area contributed by atoms with Gasteiger partial charge in [-0.1, -0.05) is 35.9 Å². The van der Waals surface area contributed by atoms with E-state index in [0.29, 0.717) is 21.7 Å². The third kappa shape index (κ3) is 4.69. The van der Waals surface area contributed by atoms with E-state index in [-0.39, 0.29) is 23.5 Å². The highest BCUT2D eigenvalue weighted by molar-refractivity contribution is 7.90. The Hall–Kier alpha value is -2.15. The van der Waals surface area contributed by atoms with Crippen LogP contribution >= 0.6 is 11.6 Å². The maximum Gasteiger partial charge on any atom is 0.332 e. The molecule has 2 rings (SSSR count). The fourth-order valence-corrected chi connectivity index (χ4v) is 3.21. The summed E-state index contributed by atoms with van der Waals surface area (Å²) in [6.07, 6.45) is 1.06. The number of halogens is 1. The van der Waals surface area contributed by atoms with Crippen molar-refractivity contribution in [3.63, 3.8) is 0 Å². The van der Waals surface area contributed by atoms with Crippen molar-refractivity contribution >= 4 is 33.0 Å². The maximum atomic E-state index is 11.7. The summed E-state index contributed by atoms with van der Waals surface area (Å²) in [5, 5.41) is 19.3. The van der Waals surface area contributed by atoms with Gasteiger partial charge < -0.3 is 10.2 Å². The molecular weight excluding hydrogens is 364 g/mol. The van der Waals surface area contributed by atoms with Gasteiger partial charge >= 0.3 is 5.97 Å². The number of carboxylic acid groups (broad SMARTS) is 1. The maximum absolute atomic E-state index is 11.7. The lowest BCUT2D eigenvalue weighted by Crippen LogP contribution is -2.08. The smallest absolute Gasteiger partial charge is 0.332 e. The van der Waals surface area contributed by atoms with Crippen molar-refractivity contribution < 1.29 is 23.4 Å². The van der Waals surface area contributed by atoms with E-state index in [1.807, 2.05) is 0 Å². The van der Waals surface area contributed by atoms with Gasteiger partial charge in [-0.3, -0.25) is 0 Å². The Balaban J connectivity index is 2.68. The zero-order chi connectivity index (χ0) is 18.6. The number of carbonyl (C=O) groups is 1. The van der Waals surface area contributed by atoms with Gasteiger partial charge in [-0.15, -0.1) is 0 Å². The molecule has 0 fully saturated rings. The molecule has 2 aromatic carbocycles. The number of hydrogen-bond donors (Lipinski definition) is 2. The van der Waals surface area contributed by atoms with Crippen molar-refractivity contribution in [2.24, 2.45) is 0 Å². The number of hydrogen-bond acceptors (Lipinski definition) is 4. The van der Waals surface area contributed by atoms with Gasteiger partial charge in [0.15, 0.2) is 9.84 Å². The molecule has 0 aliphatic heterocycles. The fraction of sp³-hybridized carbons (Fsp3) is 0.167. The molecule has 2 N–H and O–H groups in total. The van der Waals surface area contributed by atoms with Crippen LogP contribution in [-0.4, -0.2) is 37.5 Å². The molecule has 0 atom stereocenters. The zero-order valence-electron chi connectivity index (χ0n) is 13.4. The summed E-state index contributed by atoms with van der Waals surface area (Å²) in [4.78, 5) is 11.8. The summed E-state index contributed by atoms with van der Waals surface area (Å²) in [5.41, 5.74) is 1.61. The normalized spacial score (nSPS) is 12.6. The first-order valence-corrected chi connectivity index (χ1v) is 9.64. The molecule has 0 radical (unpaired) electrons. The van der Waals surface area contributed by atoms with Crippen LogP contribution in [0, 0.1) is 0 Å². The molecule has 5 nitrogen and oxygen atoms in total. The Morgan fingerprint density at radius 3 is 1.88 bits per heavy atom. The minimum Gasteiger partial charge on any atom is -0.478 e. The molecule has 0 aromatic heterocycles. The zero-order valence-corrected chi connectivity index (χ0v) is 15.0. The standard InChI is InChI=1S/C18H17ClO5S/c1-25(23,24)15-8-4-13(5-9-15)17(16(10-11-20)18(21)22)12-2-6-14(19)7-3-12/h2-9,20H,10-11H2,1H3,(H,21,22). The molecule has 0 unspecified atom stereocenters. The lowest BCUT2D eigenvalue weighted by molar-refractivity contribution is -0.132. The Morgan fingerprint density at radius 2 is 1.48 bits per heavy atom. The van der Waals surface area contributed by atoms with Gasteiger partial charge in [-0.2, -0.15) is 0 Å². The highest BCUT2D eigenvalue weighted by Crippen LogP contribution is 2.30.